The second-order valence-corrected chi connectivity index (χ2v) is 6.90. The Bertz CT molecular complexity index is 1290. The van der Waals surface area contributed by atoms with Crippen LogP contribution in [0.25, 0.3) is 22.2 Å². The van der Waals surface area contributed by atoms with Crippen molar-refractivity contribution >= 4 is 34.1 Å². The summed E-state index contributed by atoms with van der Waals surface area (Å²) in [4.78, 5) is 20.0. The monoisotopic (exact) mass is 405 g/mol. The van der Waals surface area contributed by atoms with Gasteiger partial charge in [-0.1, -0.05) is 12.6 Å². The average molecular weight is 405 g/mol. The minimum Gasteiger partial charge on any atom is -0.350 e. The Morgan fingerprint density at radius 3 is 2.77 bits per heavy atom. The summed E-state index contributed by atoms with van der Waals surface area (Å²) in [5.74, 6) is -0.554. The molecule has 152 valence electrons. The summed E-state index contributed by atoms with van der Waals surface area (Å²) in [6.45, 7) is 5.31. The largest absolute Gasteiger partial charge is 0.350 e. The van der Waals surface area contributed by atoms with Crippen LogP contribution in [0.2, 0.25) is 0 Å². The SMILES string of the molecule is C=CC(=O)Nc1ccc2c(-c3nc(Nc4cn(C)nc4C)ncc3F)cn(C)c2c1. The van der Waals surface area contributed by atoms with E-state index < -0.39 is 5.82 Å². The average Bonchev–Trinajstić information content (AvgIpc) is 3.21. The second-order valence-electron chi connectivity index (χ2n) is 6.90. The lowest BCUT2D eigenvalue weighted by atomic mass is 10.1. The number of fused-ring (bicyclic) bond motifs is 1. The molecule has 0 saturated heterocycles. The zero-order valence-electron chi connectivity index (χ0n) is 16.8. The maximum Gasteiger partial charge on any atom is 0.247 e. The number of halogens is 1. The zero-order valence-corrected chi connectivity index (χ0v) is 16.8. The molecule has 3 aromatic heterocycles. The summed E-state index contributed by atoms with van der Waals surface area (Å²) in [5, 5.41) is 10.9. The Labute approximate surface area is 172 Å². The number of aryl methyl sites for hydroxylation is 3. The van der Waals surface area contributed by atoms with Gasteiger partial charge in [-0.25, -0.2) is 14.4 Å². The van der Waals surface area contributed by atoms with Crippen molar-refractivity contribution in [1.82, 2.24) is 24.3 Å². The summed E-state index contributed by atoms with van der Waals surface area (Å²) in [7, 11) is 3.67. The van der Waals surface area contributed by atoms with E-state index in [1.54, 1.807) is 23.1 Å². The van der Waals surface area contributed by atoms with Crippen molar-refractivity contribution in [2.45, 2.75) is 6.92 Å². The van der Waals surface area contributed by atoms with Crippen LogP contribution in [0.3, 0.4) is 0 Å². The van der Waals surface area contributed by atoms with Gasteiger partial charge < -0.3 is 15.2 Å². The van der Waals surface area contributed by atoms with Crippen molar-refractivity contribution < 1.29 is 9.18 Å². The molecular formula is C21H20FN7O. The molecule has 0 aliphatic rings. The van der Waals surface area contributed by atoms with Gasteiger partial charge in [-0.05, 0) is 25.1 Å². The third-order valence-electron chi connectivity index (χ3n) is 4.70. The Kier molecular flexibility index (Phi) is 4.78. The fraction of sp³-hybridized carbons (Fsp3) is 0.143. The van der Waals surface area contributed by atoms with Crippen LogP contribution >= 0.6 is 0 Å². The smallest absolute Gasteiger partial charge is 0.247 e. The summed E-state index contributed by atoms with van der Waals surface area (Å²) in [6.07, 6.45) is 5.95. The molecule has 2 N–H and O–H groups in total. The number of nitrogens with zero attached hydrogens (tertiary/aromatic N) is 5. The number of benzene rings is 1. The first-order valence-corrected chi connectivity index (χ1v) is 9.18. The van der Waals surface area contributed by atoms with Gasteiger partial charge >= 0.3 is 0 Å². The van der Waals surface area contributed by atoms with Crippen molar-refractivity contribution in [2.75, 3.05) is 10.6 Å². The fourth-order valence-electron chi connectivity index (χ4n) is 3.30. The molecule has 0 aliphatic carbocycles. The summed E-state index contributed by atoms with van der Waals surface area (Å²) in [6, 6.07) is 5.39. The first-order valence-electron chi connectivity index (χ1n) is 9.18. The third kappa shape index (κ3) is 3.52. The Hall–Kier alpha value is -4.01. The second kappa shape index (κ2) is 7.43. The summed E-state index contributed by atoms with van der Waals surface area (Å²) < 4.78 is 18.2. The molecule has 0 radical (unpaired) electrons. The molecule has 4 aromatic rings. The molecule has 0 spiro atoms. The van der Waals surface area contributed by atoms with Crippen molar-refractivity contribution in [3.63, 3.8) is 0 Å². The minimum absolute atomic E-state index is 0.183. The highest BCUT2D eigenvalue weighted by Crippen LogP contribution is 2.33. The maximum atomic E-state index is 14.7. The van der Waals surface area contributed by atoms with Crippen LogP contribution in [-0.2, 0) is 18.9 Å². The fourth-order valence-corrected chi connectivity index (χ4v) is 3.30. The van der Waals surface area contributed by atoms with Crippen molar-refractivity contribution in [3.8, 4) is 11.3 Å². The molecule has 0 atom stereocenters. The van der Waals surface area contributed by atoms with Gasteiger partial charge in [-0.2, -0.15) is 5.10 Å². The van der Waals surface area contributed by atoms with Crippen LogP contribution in [0.4, 0.5) is 21.7 Å². The molecule has 9 heteroatoms. The van der Waals surface area contributed by atoms with Gasteiger partial charge in [0.05, 0.1) is 23.1 Å². The highest BCUT2D eigenvalue weighted by molar-refractivity contribution is 6.02. The number of anilines is 3. The van der Waals surface area contributed by atoms with Crippen molar-refractivity contribution in [3.05, 3.63) is 61.0 Å². The van der Waals surface area contributed by atoms with Gasteiger partial charge in [-0.15, -0.1) is 0 Å². The number of nitrogens with one attached hydrogen (secondary N) is 2. The van der Waals surface area contributed by atoms with E-state index >= 15 is 0 Å². The number of hydrogen-bond acceptors (Lipinski definition) is 5. The van der Waals surface area contributed by atoms with Crippen LogP contribution in [-0.4, -0.2) is 30.2 Å². The lowest BCUT2D eigenvalue weighted by Gasteiger charge is -2.07. The van der Waals surface area contributed by atoms with Gasteiger partial charge in [-0.3, -0.25) is 9.48 Å². The van der Waals surface area contributed by atoms with Crippen LogP contribution in [0.1, 0.15) is 5.69 Å². The maximum absolute atomic E-state index is 14.7. The first kappa shape index (κ1) is 19.3. The third-order valence-corrected chi connectivity index (χ3v) is 4.70. The lowest BCUT2D eigenvalue weighted by Crippen LogP contribution is -2.07. The lowest BCUT2D eigenvalue weighted by molar-refractivity contribution is -0.111. The van der Waals surface area contributed by atoms with E-state index in [0.717, 1.165) is 28.5 Å². The van der Waals surface area contributed by atoms with E-state index in [1.165, 1.54) is 6.08 Å². The molecule has 0 bridgehead atoms. The normalized spacial score (nSPS) is 10.9. The highest BCUT2D eigenvalue weighted by atomic mass is 19.1. The molecule has 3 heterocycles. The zero-order chi connectivity index (χ0) is 21.4. The molecule has 0 aliphatic heterocycles. The first-order chi connectivity index (χ1) is 14.4. The predicted octanol–water partition coefficient (Wildman–Crippen LogP) is 3.68. The molecule has 0 unspecified atom stereocenters. The number of carbonyl (C=O) groups excluding carboxylic acids is 1. The summed E-state index contributed by atoms with van der Waals surface area (Å²) in [5.41, 5.74) is 3.78. The van der Waals surface area contributed by atoms with Crippen molar-refractivity contribution in [2.24, 2.45) is 14.1 Å². The molecule has 0 saturated carbocycles. The topological polar surface area (TPSA) is 89.7 Å². The van der Waals surface area contributed by atoms with Crippen LogP contribution in [0, 0.1) is 12.7 Å². The highest BCUT2D eigenvalue weighted by Gasteiger charge is 2.17. The van der Waals surface area contributed by atoms with Gasteiger partial charge in [0.25, 0.3) is 0 Å². The van der Waals surface area contributed by atoms with Gasteiger partial charge in [0.1, 0.15) is 5.69 Å². The minimum atomic E-state index is -0.528. The summed E-state index contributed by atoms with van der Waals surface area (Å²) >= 11 is 0. The van der Waals surface area contributed by atoms with E-state index in [9.17, 15) is 9.18 Å². The van der Waals surface area contributed by atoms with E-state index in [1.807, 2.05) is 37.7 Å². The Morgan fingerprint density at radius 2 is 2.07 bits per heavy atom. The van der Waals surface area contributed by atoms with Crippen LogP contribution < -0.4 is 10.6 Å². The number of rotatable bonds is 5. The molecule has 4 rings (SSSR count). The predicted molar refractivity (Wildman–Crippen MR) is 114 cm³/mol. The number of hydrogen-bond donors (Lipinski definition) is 2. The quantitative estimate of drug-likeness (QED) is 0.495. The molecule has 1 amide bonds. The molecular weight excluding hydrogens is 385 g/mol. The van der Waals surface area contributed by atoms with Crippen LogP contribution in [0.5, 0.6) is 0 Å². The van der Waals surface area contributed by atoms with Gasteiger partial charge in [0, 0.05) is 43.1 Å². The molecule has 1 aromatic carbocycles. The van der Waals surface area contributed by atoms with E-state index in [2.05, 4.69) is 32.3 Å². The molecule has 0 fully saturated rings. The van der Waals surface area contributed by atoms with Crippen molar-refractivity contribution in [1.29, 1.82) is 0 Å². The van der Waals surface area contributed by atoms with Gasteiger partial charge in [0.15, 0.2) is 5.82 Å². The number of carbonyl (C=O) groups is 1. The Balaban J connectivity index is 1.75. The number of amides is 1. The standard InChI is InChI=1S/C21H20FN7O/c1-5-19(30)24-13-6-7-14-15(10-28(3)18(14)8-13)20-16(22)9-23-21(26-20)25-17-11-29(4)27-12(17)2/h5-11H,1H2,2-4H3,(H,24,30)(H,23,25,26). The van der Waals surface area contributed by atoms with E-state index in [-0.39, 0.29) is 17.5 Å². The Morgan fingerprint density at radius 1 is 1.27 bits per heavy atom. The van der Waals surface area contributed by atoms with Gasteiger partial charge in [0.2, 0.25) is 11.9 Å². The molecule has 8 nitrogen and oxygen atoms in total. The van der Waals surface area contributed by atoms with Crippen LogP contribution in [0.15, 0.2) is 49.4 Å². The van der Waals surface area contributed by atoms with E-state index in [4.69, 9.17) is 0 Å². The molecule has 30 heavy (non-hydrogen) atoms. The van der Waals surface area contributed by atoms with E-state index in [0.29, 0.717) is 11.3 Å². The number of aromatic nitrogens is 5.